The van der Waals surface area contributed by atoms with Crippen LogP contribution in [-0.2, 0) is 11.3 Å². The van der Waals surface area contributed by atoms with Crippen molar-refractivity contribution >= 4 is 11.6 Å². The quantitative estimate of drug-likeness (QED) is 0.814. The van der Waals surface area contributed by atoms with Crippen LogP contribution in [0, 0.1) is 24.2 Å². The number of aromatic nitrogens is 2. The number of methoxy groups -OCH3 is 1. The van der Waals surface area contributed by atoms with Crippen molar-refractivity contribution in [2.24, 2.45) is 5.92 Å². The van der Waals surface area contributed by atoms with E-state index in [9.17, 15) is 4.79 Å². The Morgan fingerprint density at radius 1 is 1.29 bits per heavy atom. The molecule has 1 unspecified atom stereocenters. The first-order valence-corrected chi connectivity index (χ1v) is 9.46. The van der Waals surface area contributed by atoms with E-state index in [0.29, 0.717) is 36.2 Å². The van der Waals surface area contributed by atoms with E-state index in [0.717, 1.165) is 30.0 Å². The molecular weight excluding hydrogens is 354 g/mol. The highest BCUT2D eigenvalue weighted by molar-refractivity contribution is 5.78. The summed E-state index contributed by atoms with van der Waals surface area (Å²) in [4.78, 5) is 25.9. The molecule has 2 aliphatic rings. The molecule has 2 aromatic rings. The fourth-order valence-electron chi connectivity index (χ4n) is 4.09. The smallest absolute Gasteiger partial charge is 0.223 e. The molecule has 2 aliphatic heterocycles. The van der Waals surface area contributed by atoms with Crippen molar-refractivity contribution in [2.75, 3.05) is 25.1 Å². The largest absolute Gasteiger partial charge is 0.481 e. The number of hydrogen-bond acceptors (Lipinski definition) is 6. The highest BCUT2D eigenvalue weighted by Crippen LogP contribution is 2.38. The van der Waals surface area contributed by atoms with Gasteiger partial charge in [-0.25, -0.2) is 4.98 Å². The van der Waals surface area contributed by atoms with E-state index in [-0.39, 0.29) is 11.9 Å². The van der Waals surface area contributed by atoms with E-state index in [2.05, 4.69) is 20.9 Å². The van der Waals surface area contributed by atoms with E-state index in [1.807, 2.05) is 43.0 Å². The number of rotatable bonds is 4. The molecule has 1 atom stereocenters. The number of nitrogens with zero attached hydrogens (tertiary/aromatic N) is 5. The van der Waals surface area contributed by atoms with Gasteiger partial charge in [0.2, 0.25) is 11.8 Å². The molecule has 1 aromatic heterocycles. The zero-order valence-corrected chi connectivity index (χ0v) is 16.3. The maximum Gasteiger partial charge on any atom is 0.223 e. The average molecular weight is 377 g/mol. The van der Waals surface area contributed by atoms with E-state index >= 15 is 0 Å². The zero-order chi connectivity index (χ0) is 19.8. The third-order valence-electron chi connectivity index (χ3n) is 5.60. The highest BCUT2D eigenvalue weighted by Gasteiger charge is 2.37. The summed E-state index contributed by atoms with van der Waals surface area (Å²) in [5.41, 5.74) is 3.57. The zero-order valence-electron chi connectivity index (χ0n) is 16.3. The maximum absolute atomic E-state index is 12.9. The second kappa shape index (κ2) is 7.12. The molecule has 7 nitrogen and oxygen atoms in total. The number of carbonyl (C=O) groups excluding carboxylic acids is 1. The Morgan fingerprint density at radius 3 is 2.64 bits per heavy atom. The summed E-state index contributed by atoms with van der Waals surface area (Å²) in [6, 6.07) is 9.63. The first-order chi connectivity index (χ1) is 13.5. The first kappa shape index (κ1) is 18.2. The molecule has 3 heterocycles. The number of fused-ring (bicyclic) bond motifs is 1. The molecule has 1 saturated heterocycles. The van der Waals surface area contributed by atoms with Gasteiger partial charge in [0.25, 0.3) is 0 Å². The summed E-state index contributed by atoms with van der Waals surface area (Å²) in [6.07, 6.45) is 0.528. The second-order valence-corrected chi connectivity index (χ2v) is 7.47. The van der Waals surface area contributed by atoms with Crippen LogP contribution in [0.4, 0.5) is 5.69 Å². The number of aryl methyl sites for hydroxylation is 1. The number of carbonyl (C=O) groups is 1. The Labute approximate surface area is 164 Å². The van der Waals surface area contributed by atoms with Crippen LogP contribution in [0.25, 0.3) is 0 Å². The van der Waals surface area contributed by atoms with Gasteiger partial charge >= 0.3 is 0 Å². The molecule has 1 fully saturated rings. The number of nitriles is 1. The van der Waals surface area contributed by atoms with Gasteiger partial charge in [-0.05, 0) is 38.1 Å². The molecule has 0 bridgehead atoms. The molecule has 28 heavy (non-hydrogen) atoms. The van der Waals surface area contributed by atoms with Gasteiger partial charge in [-0.15, -0.1) is 0 Å². The van der Waals surface area contributed by atoms with Crippen LogP contribution in [0.3, 0.4) is 0 Å². The number of hydrogen-bond donors (Lipinski definition) is 0. The third kappa shape index (κ3) is 3.15. The lowest BCUT2D eigenvalue weighted by molar-refractivity contribution is -0.134. The van der Waals surface area contributed by atoms with E-state index in [4.69, 9.17) is 10.00 Å². The van der Waals surface area contributed by atoms with Gasteiger partial charge in [-0.2, -0.15) is 10.2 Å². The summed E-state index contributed by atoms with van der Waals surface area (Å²) in [5, 5.41) is 8.90. The predicted molar refractivity (Wildman–Crippen MR) is 104 cm³/mol. The van der Waals surface area contributed by atoms with E-state index in [1.54, 1.807) is 7.11 Å². The van der Waals surface area contributed by atoms with Crippen molar-refractivity contribution in [2.45, 2.75) is 32.9 Å². The van der Waals surface area contributed by atoms with Gasteiger partial charge in [-0.3, -0.25) is 4.79 Å². The van der Waals surface area contributed by atoms with Crippen molar-refractivity contribution in [1.29, 1.82) is 5.26 Å². The summed E-state index contributed by atoms with van der Waals surface area (Å²) < 4.78 is 5.41. The minimum atomic E-state index is -0.0762. The van der Waals surface area contributed by atoms with Crippen LogP contribution in [0.15, 0.2) is 24.3 Å². The number of anilines is 1. The van der Waals surface area contributed by atoms with E-state index < -0.39 is 0 Å². The van der Waals surface area contributed by atoms with E-state index in [1.165, 1.54) is 0 Å². The fraction of sp³-hybridized carbons (Fsp3) is 0.429. The Bertz CT molecular complexity index is 945. The number of amides is 1. The summed E-state index contributed by atoms with van der Waals surface area (Å²) in [6.45, 7) is 6.07. The van der Waals surface area contributed by atoms with Crippen LogP contribution in [0.5, 0.6) is 5.88 Å². The lowest BCUT2D eigenvalue weighted by Crippen LogP contribution is -2.48. The summed E-state index contributed by atoms with van der Waals surface area (Å²) >= 11 is 0. The molecule has 4 rings (SSSR count). The van der Waals surface area contributed by atoms with Gasteiger partial charge in [0.1, 0.15) is 5.82 Å². The normalized spacial score (nSPS) is 18.4. The van der Waals surface area contributed by atoms with Crippen LogP contribution < -0.4 is 9.64 Å². The van der Waals surface area contributed by atoms with Crippen molar-refractivity contribution in [1.82, 2.24) is 14.9 Å². The molecule has 0 saturated carbocycles. The van der Waals surface area contributed by atoms with Crippen LogP contribution in [-0.4, -0.2) is 41.0 Å². The minimum Gasteiger partial charge on any atom is -0.481 e. The van der Waals surface area contributed by atoms with Crippen molar-refractivity contribution in [3.8, 4) is 11.9 Å². The molecule has 1 amide bonds. The van der Waals surface area contributed by atoms with Gasteiger partial charge in [0.05, 0.1) is 42.6 Å². The Morgan fingerprint density at radius 2 is 2.00 bits per heavy atom. The molecule has 0 N–H and O–H groups in total. The second-order valence-electron chi connectivity index (χ2n) is 7.47. The van der Waals surface area contributed by atoms with Crippen molar-refractivity contribution in [3.05, 3.63) is 46.9 Å². The molecule has 0 radical (unpaired) electrons. The predicted octanol–water partition coefficient (Wildman–Crippen LogP) is 2.60. The molecule has 0 spiro atoms. The minimum absolute atomic E-state index is 0.0762. The molecule has 0 aliphatic carbocycles. The highest BCUT2D eigenvalue weighted by atomic mass is 16.5. The lowest BCUT2D eigenvalue weighted by atomic mass is 9.94. The van der Waals surface area contributed by atoms with Gasteiger partial charge in [0, 0.05) is 31.1 Å². The maximum atomic E-state index is 12.9. The summed E-state index contributed by atoms with van der Waals surface area (Å²) in [7, 11) is 1.60. The van der Waals surface area contributed by atoms with Crippen LogP contribution in [0.1, 0.15) is 42.0 Å². The Hall–Kier alpha value is -3.14. The SMILES string of the molecule is COc1nc(C)nc2c1C(C)N(C(=O)CC1CN(c3ccc(C#N)cc3)C1)C2. The Balaban J connectivity index is 1.37. The molecular formula is C21H23N5O2. The summed E-state index contributed by atoms with van der Waals surface area (Å²) in [5.74, 6) is 1.72. The number of benzene rings is 1. The Kier molecular flexibility index (Phi) is 4.63. The lowest BCUT2D eigenvalue weighted by Gasteiger charge is -2.41. The van der Waals surface area contributed by atoms with Gasteiger partial charge in [0.15, 0.2) is 0 Å². The molecule has 1 aromatic carbocycles. The van der Waals surface area contributed by atoms with Crippen molar-refractivity contribution in [3.63, 3.8) is 0 Å². The monoisotopic (exact) mass is 377 g/mol. The first-order valence-electron chi connectivity index (χ1n) is 9.46. The van der Waals surface area contributed by atoms with Gasteiger partial charge < -0.3 is 14.5 Å². The third-order valence-corrected chi connectivity index (χ3v) is 5.60. The standard InChI is InChI=1S/C21H23N5O2/c1-13-20-18(23-14(2)24-21(20)28-3)12-26(13)19(27)8-16-10-25(11-16)17-6-4-15(9-22)5-7-17/h4-7,13,16H,8,10-12H2,1-3H3. The van der Waals surface area contributed by atoms with Crippen LogP contribution in [0.2, 0.25) is 0 Å². The topological polar surface area (TPSA) is 82.4 Å². The van der Waals surface area contributed by atoms with Crippen molar-refractivity contribution < 1.29 is 9.53 Å². The van der Waals surface area contributed by atoms with Gasteiger partial charge in [-0.1, -0.05) is 0 Å². The van der Waals surface area contributed by atoms with Crippen LogP contribution >= 0.6 is 0 Å². The molecule has 144 valence electrons. The molecule has 7 heteroatoms. The fourth-order valence-corrected chi connectivity index (χ4v) is 4.09. The average Bonchev–Trinajstić information content (AvgIpc) is 3.00. The number of ether oxygens (including phenoxy) is 1.